The molecule has 1 rings (SSSR count). The van der Waals surface area contributed by atoms with E-state index in [0.29, 0.717) is 24.8 Å². The molecule has 0 aliphatic carbocycles. The molecule has 1 aromatic rings. The summed E-state index contributed by atoms with van der Waals surface area (Å²) in [4.78, 5) is 3.89. The average Bonchev–Trinajstić information content (AvgIpc) is 2.17. The Balaban J connectivity index is 2.41. The Morgan fingerprint density at radius 3 is 3.07 bits per heavy atom. The van der Waals surface area contributed by atoms with E-state index in [-0.39, 0.29) is 5.82 Å². The van der Waals surface area contributed by atoms with Crippen molar-refractivity contribution in [3.8, 4) is 0 Å². The summed E-state index contributed by atoms with van der Waals surface area (Å²) in [5, 5.41) is 2.96. The van der Waals surface area contributed by atoms with Gasteiger partial charge in [-0.05, 0) is 31.0 Å². The molecular formula is C10H16FN3. The highest BCUT2D eigenvalue weighted by molar-refractivity contribution is 5.35. The van der Waals surface area contributed by atoms with Crippen LogP contribution in [0, 0.1) is 11.7 Å². The fourth-order valence-corrected chi connectivity index (χ4v) is 1.17. The highest BCUT2D eigenvalue weighted by Gasteiger charge is 2.04. The van der Waals surface area contributed by atoms with Crippen LogP contribution in [0.3, 0.4) is 0 Å². The van der Waals surface area contributed by atoms with E-state index < -0.39 is 0 Å². The van der Waals surface area contributed by atoms with E-state index in [0.717, 1.165) is 6.42 Å². The Bertz CT molecular complexity index is 278. The lowest BCUT2D eigenvalue weighted by Crippen LogP contribution is -2.16. The van der Waals surface area contributed by atoms with Crippen molar-refractivity contribution in [2.75, 3.05) is 18.4 Å². The minimum atomic E-state index is -0.313. The molecule has 0 amide bonds. The first-order valence-corrected chi connectivity index (χ1v) is 4.78. The molecule has 78 valence electrons. The lowest BCUT2D eigenvalue weighted by Gasteiger charge is -2.11. The van der Waals surface area contributed by atoms with Gasteiger partial charge in [0.15, 0.2) is 11.6 Å². The first-order valence-electron chi connectivity index (χ1n) is 4.78. The number of nitrogens with one attached hydrogen (secondary N) is 1. The van der Waals surface area contributed by atoms with Crippen LogP contribution < -0.4 is 11.1 Å². The fourth-order valence-electron chi connectivity index (χ4n) is 1.17. The second-order valence-corrected chi connectivity index (χ2v) is 3.40. The molecule has 0 spiro atoms. The average molecular weight is 197 g/mol. The number of aromatic nitrogens is 1. The number of halogens is 1. The number of rotatable bonds is 5. The maximum absolute atomic E-state index is 13.1. The van der Waals surface area contributed by atoms with Crippen LogP contribution in [0.25, 0.3) is 0 Å². The molecule has 0 bridgehead atoms. The number of pyridine rings is 1. The van der Waals surface area contributed by atoms with E-state index in [1.807, 2.05) is 0 Å². The molecule has 0 aromatic carbocycles. The minimum absolute atomic E-state index is 0.313. The van der Waals surface area contributed by atoms with Crippen LogP contribution in [0.4, 0.5) is 10.2 Å². The van der Waals surface area contributed by atoms with Gasteiger partial charge in [-0.15, -0.1) is 0 Å². The largest absolute Gasteiger partial charge is 0.367 e. The Hall–Kier alpha value is -1.16. The monoisotopic (exact) mass is 197 g/mol. The lowest BCUT2D eigenvalue weighted by atomic mass is 10.1. The summed E-state index contributed by atoms with van der Waals surface area (Å²) in [7, 11) is 0. The van der Waals surface area contributed by atoms with Gasteiger partial charge >= 0.3 is 0 Å². The summed E-state index contributed by atoms with van der Waals surface area (Å²) in [5.74, 6) is 0.435. The summed E-state index contributed by atoms with van der Waals surface area (Å²) in [6, 6.07) is 2.97. The predicted molar refractivity (Wildman–Crippen MR) is 55.5 cm³/mol. The van der Waals surface area contributed by atoms with Crippen LogP contribution in [0.2, 0.25) is 0 Å². The molecule has 1 atom stereocenters. The number of hydrogen-bond acceptors (Lipinski definition) is 3. The Labute approximate surface area is 83.5 Å². The third-order valence-electron chi connectivity index (χ3n) is 2.04. The van der Waals surface area contributed by atoms with Gasteiger partial charge in [0.1, 0.15) is 0 Å². The van der Waals surface area contributed by atoms with Gasteiger partial charge in [-0.3, -0.25) is 0 Å². The van der Waals surface area contributed by atoms with E-state index >= 15 is 0 Å². The quantitative estimate of drug-likeness (QED) is 0.754. The maximum Gasteiger partial charge on any atom is 0.165 e. The minimum Gasteiger partial charge on any atom is -0.367 e. The van der Waals surface area contributed by atoms with Crippen molar-refractivity contribution in [1.29, 1.82) is 0 Å². The number of nitrogens with two attached hydrogens (primary N) is 1. The molecule has 3 nitrogen and oxygen atoms in total. The van der Waals surface area contributed by atoms with Crippen molar-refractivity contribution in [3.05, 3.63) is 24.1 Å². The lowest BCUT2D eigenvalue weighted by molar-refractivity contribution is 0.562. The molecule has 0 radical (unpaired) electrons. The van der Waals surface area contributed by atoms with Gasteiger partial charge in [-0.25, -0.2) is 9.37 Å². The molecular weight excluding hydrogens is 181 g/mol. The molecule has 4 heteroatoms. The zero-order valence-corrected chi connectivity index (χ0v) is 8.33. The van der Waals surface area contributed by atoms with Crippen molar-refractivity contribution >= 4 is 5.82 Å². The predicted octanol–water partition coefficient (Wildman–Crippen LogP) is 1.62. The smallest absolute Gasteiger partial charge is 0.165 e. The summed E-state index contributed by atoms with van der Waals surface area (Å²) in [5.41, 5.74) is 5.41. The van der Waals surface area contributed by atoms with Crippen LogP contribution in [0.15, 0.2) is 18.3 Å². The second-order valence-electron chi connectivity index (χ2n) is 3.40. The van der Waals surface area contributed by atoms with Crippen molar-refractivity contribution < 1.29 is 4.39 Å². The van der Waals surface area contributed by atoms with Crippen LogP contribution in [-0.4, -0.2) is 18.1 Å². The topological polar surface area (TPSA) is 50.9 Å². The van der Waals surface area contributed by atoms with Gasteiger partial charge in [0.2, 0.25) is 0 Å². The third-order valence-corrected chi connectivity index (χ3v) is 2.04. The van der Waals surface area contributed by atoms with Crippen LogP contribution in [0.5, 0.6) is 0 Å². The molecule has 3 N–H and O–H groups in total. The Kier molecular flexibility index (Phi) is 4.32. The number of nitrogens with zero attached hydrogens (tertiary/aromatic N) is 1. The molecule has 0 aliphatic rings. The van der Waals surface area contributed by atoms with Gasteiger partial charge in [0, 0.05) is 12.7 Å². The zero-order valence-electron chi connectivity index (χ0n) is 8.33. The molecule has 14 heavy (non-hydrogen) atoms. The summed E-state index contributed by atoms with van der Waals surface area (Å²) >= 11 is 0. The van der Waals surface area contributed by atoms with E-state index in [4.69, 9.17) is 5.73 Å². The van der Waals surface area contributed by atoms with E-state index in [9.17, 15) is 4.39 Å². The molecule has 0 saturated carbocycles. The standard InChI is InChI=1S/C10H16FN3/c1-8(4-5-12)7-14-10-9(11)3-2-6-13-10/h2-3,6,8H,4-5,7,12H2,1H3,(H,13,14). The SMILES string of the molecule is CC(CCN)CNc1ncccc1F. The zero-order chi connectivity index (χ0) is 10.4. The van der Waals surface area contributed by atoms with E-state index in [2.05, 4.69) is 17.2 Å². The first kappa shape index (κ1) is 10.9. The van der Waals surface area contributed by atoms with Crippen LogP contribution in [0.1, 0.15) is 13.3 Å². The van der Waals surface area contributed by atoms with E-state index in [1.54, 1.807) is 12.3 Å². The van der Waals surface area contributed by atoms with Gasteiger partial charge in [0.25, 0.3) is 0 Å². The van der Waals surface area contributed by atoms with Crippen molar-refractivity contribution in [3.63, 3.8) is 0 Å². The van der Waals surface area contributed by atoms with Crippen molar-refractivity contribution in [1.82, 2.24) is 4.98 Å². The maximum atomic E-state index is 13.1. The Morgan fingerprint density at radius 2 is 2.43 bits per heavy atom. The van der Waals surface area contributed by atoms with Gasteiger partial charge in [0.05, 0.1) is 0 Å². The first-order chi connectivity index (χ1) is 6.74. The molecule has 0 fully saturated rings. The van der Waals surface area contributed by atoms with Crippen LogP contribution >= 0.6 is 0 Å². The molecule has 1 heterocycles. The Morgan fingerprint density at radius 1 is 1.64 bits per heavy atom. The van der Waals surface area contributed by atoms with Gasteiger partial charge in [-0.1, -0.05) is 6.92 Å². The number of anilines is 1. The van der Waals surface area contributed by atoms with Gasteiger partial charge in [-0.2, -0.15) is 0 Å². The number of hydrogen-bond donors (Lipinski definition) is 2. The molecule has 1 aromatic heterocycles. The third kappa shape index (κ3) is 3.30. The molecule has 0 aliphatic heterocycles. The van der Waals surface area contributed by atoms with Crippen molar-refractivity contribution in [2.24, 2.45) is 11.7 Å². The molecule has 1 unspecified atom stereocenters. The highest BCUT2D eigenvalue weighted by Crippen LogP contribution is 2.09. The van der Waals surface area contributed by atoms with Crippen molar-refractivity contribution in [2.45, 2.75) is 13.3 Å². The fraction of sp³-hybridized carbons (Fsp3) is 0.500. The summed E-state index contributed by atoms with van der Waals surface area (Å²) in [6.45, 7) is 3.43. The normalized spacial score (nSPS) is 12.5. The van der Waals surface area contributed by atoms with Gasteiger partial charge < -0.3 is 11.1 Å². The second kappa shape index (κ2) is 5.54. The highest BCUT2D eigenvalue weighted by atomic mass is 19.1. The van der Waals surface area contributed by atoms with E-state index in [1.165, 1.54) is 6.07 Å². The summed E-state index contributed by atoms with van der Waals surface area (Å²) < 4.78 is 13.1. The molecule has 0 saturated heterocycles. The summed E-state index contributed by atoms with van der Waals surface area (Å²) in [6.07, 6.45) is 2.50. The van der Waals surface area contributed by atoms with Crippen LogP contribution in [-0.2, 0) is 0 Å².